The van der Waals surface area contributed by atoms with E-state index in [-0.39, 0.29) is 30.5 Å². The van der Waals surface area contributed by atoms with E-state index < -0.39 is 52.3 Å². The van der Waals surface area contributed by atoms with Gasteiger partial charge in [0.2, 0.25) is 0 Å². The van der Waals surface area contributed by atoms with Crippen LogP contribution in [-0.4, -0.2) is 38.1 Å². The summed E-state index contributed by atoms with van der Waals surface area (Å²) in [5.74, 6) is -1.46. The SMILES string of the molecule is CN(C(=O)Oc1c(C(C=NCCOC(C)(C)C2CCCCC2)=CN)cc(C(F)(F)F)cc1C(F)(F)F)c1ccc(F)cc1. The first-order valence-corrected chi connectivity index (χ1v) is 13.6. The minimum absolute atomic E-state index is 0.0427. The third-order valence-electron chi connectivity index (χ3n) is 7.40. The molecule has 43 heavy (non-hydrogen) atoms. The number of hydrogen-bond donors (Lipinski definition) is 1. The lowest BCUT2D eigenvalue weighted by molar-refractivity contribution is -0.143. The van der Waals surface area contributed by atoms with Gasteiger partial charge in [0.15, 0.2) is 5.75 Å². The summed E-state index contributed by atoms with van der Waals surface area (Å²) in [5, 5.41) is 0. The van der Waals surface area contributed by atoms with Crippen LogP contribution < -0.4 is 15.4 Å². The van der Waals surface area contributed by atoms with Crippen LogP contribution in [0.4, 0.5) is 41.2 Å². The molecular formula is C30H34F7N3O3. The van der Waals surface area contributed by atoms with E-state index in [0.717, 1.165) is 62.2 Å². The molecule has 0 spiro atoms. The lowest BCUT2D eigenvalue weighted by Gasteiger charge is -2.36. The molecule has 2 aromatic rings. The summed E-state index contributed by atoms with van der Waals surface area (Å²) in [7, 11) is 1.14. The number of hydrogen-bond acceptors (Lipinski definition) is 5. The van der Waals surface area contributed by atoms with Crippen LogP contribution >= 0.6 is 0 Å². The zero-order valence-electron chi connectivity index (χ0n) is 24.0. The zero-order valence-corrected chi connectivity index (χ0v) is 24.0. The molecule has 1 aliphatic carbocycles. The minimum atomic E-state index is -5.35. The van der Waals surface area contributed by atoms with Crippen molar-refractivity contribution in [1.29, 1.82) is 0 Å². The molecule has 2 N–H and O–H groups in total. The average molecular weight is 618 g/mol. The summed E-state index contributed by atoms with van der Waals surface area (Å²) in [4.78, 5) is 17.8. The lowest BCUT2D eigenvalue weighted by atomic mass is 9.79. The van der Waals surface area contributed by atoms with Crippen molar-refractivity contribution >= 4 is 23.6 Å². The number of rotatable bonds is 9. The lowest BCUT2D eigenvalue weighted by Crippen LogP contribution is -2.36. The molecule has 6 nitrogen and oxygen atoms in total. The van der Waals surface area contributed by atoms with E-state index >= 15 is 0 Å². The van der Waals surface area contributed by atoms with Crippen LogP contribution in [0.2, 0.25) is 0 Å². The van der Waals surface area contributed by atoms with Crippen molar-refractivity contribution in [2.75, 3.05) is 25.1 Å². The fourth-order valence-corrected chi connectivity index (χ4v) is 4.90. The Bertz CT molecular complexity index is 1310. The second-order valence-electron chi connectivity index (χ2n) is 10.7. The smallest absolute Gasteiger partial charge is 0.409 e. The van der Waals surface area contributed by atoms with Crippen LogP contribution in [0, 0.1) is 11.7 Å². The third-order valence-corrected chi connectivity index (χ3v) is 7.40. The van der Waals surface area contributed by atoms with Gasteiger partial charge in [-0.1, -0.05) is 19.3 Å². The van der Waals surface area contributed by atoms with Crippen LogP contribution in [0.5, 0.6) is 5.75 Å². The summed E-state index contributed by atoms with van der Waals surface area (Å²) in [5.41, 5.74) is 0.684. The van der Waals surface area contributed by atoms with Gasteiger partial charge in [-0.15, -0.1) is 0 Å². The first-order valence-electron chi connectivity index (χ1n) is 13.6. The highest BCUT2D eigenvalue weighted by atomic mass is 19.4. The molecule has 1 amide bonds. The van der Waals surface area contributed by atoms with Gasteiger partial charge in [0.1, 0.15) is 5.82 Å². The van der Waals surface area contributed by atoms with Gasteiger partial charge in [-0.05, 0) is 69.0 Å². The van der Waals surface area contributed by atoms with Crippen molar-refractivity contribution in [1.82, 2.24) is 0 Å². The first-order chi connectivity index (χ1) is 20.0. The predicted molar refractivity (Wildman–Crippen MR) is 149 cm³/mol. The summed E-state index contributed by atoms with van der Waals surface area (Å²) in [6, 6.07) is 4.62. The second-order valence-corrected chi connectivity index (χ2v) is 10.7. The fraction of sp³-hybridized carbons (Fsp3) is 0.467. The second kappa shape index (κ2) is 13.8. The van der Waals surface area contributed by atoms with Gasteiger partial charge in [0.25, 0.3) is 0 Å². The normalized spacial score (nSPS) is 15.6. The van der Waals surface area contributed by atoms with E-state index in [1.165, 1.54) is 18.6 Å². The molecule has 0 atom stereocenters. The Hall–Kier alpha value is -3.61. The van der Waals surface area contributed by atoms with Crippen LogP contribution in [0.15, 0.2) is 47.6 Å². The molecule has 0 saturated heterocycles. The van der Waals surface area contributed by atoms with Crippen molar-refractivity contribution in [2.24, 2.45) is 16.6 Å². The Morgan fingerprint density at radius 2 is 1.65 bits per heavy atom. The van der Waals surface area contributed by atoms with E-state index in [1.54, 1.807) is 0 Å². The van der Waals surface area contributed by atoms with Crippen molar-refractivity contribution in [3.63, 3.8) is 0 Å². The molecule has 0 unspecified atom stereocenters. The van der Waals surface area contributed by atoms with Crippen LogP contribution in [0.25, 0.3) is 5.57 Å². The molecular weight excluding hydrogens is 583 g/mol. The third kappa shape index (κ3) is 8.94. The maximum absolute atomic E-state index is 14.1. The Labute approximate surface area is 245 Å². The van der Waals surface area contributed by atoms with Crippen LogP contribution in [0.1, 0.15) is 62.6 Å². The van der Waals surface area contributed by atoms with Gasteiger partial charge >= 0.3 is 18.4 Å². The topological polar surface area (TPSA) is 77.2 Å². The summed E-state index contributed by atoms with van der Waals surface area (Å²) in [6.07, 6.45) is -4.64. The van der Waals surface area contributed by atoms with E-state index in [1.807, 2.05) is 13.8 Å². The number of alkyl halides is 6. The quantitative estimate of drug-likeness (QED) is 0.175. The Morgan fingerprint density at radius 1 is 1.02 bits per heavy atom. The van der Waals surface area contributed by atoms with Gasteiger partial charge in [-0.25, -0.2) is 9.18 Å². The molecule has 0 heterocycles. The van der Waals surface area contributed by atoms with Gasteiger partial charge in [0.05, 0.1) is 29.9 Å². The zero-order chi connectivity index (χ0) is 32.0. The molecule has 1 aliphatic rings. The van der Waals surface area contributed by atoms with E-state index in [9.17, 15) is 35.5 Å². The summed E-state index contributed by atoms with van der Waals surface area (Å²) >= 11 is 0. The highest BCUT2D eigenvalue weighted by molar-refractivity contribution is 6.11. The minimum Gasteiger partial charge on any atom is -0.409 e. The highest BCUT2D eigenvalue weighted by Crippen LogP contribution is 2.44. The molecule has 0 bridgehead atoms. The number of nitrogens with two attached hydrogens (primary N) is 1. The Morgan fingerprint density at radius 3 is 2.21 bits per heavy atom. The van der Waals surface area contributed by atoms with Crippen molar-refractivity contribution in [3.8, 4) is 5.75 Å². The van der Waals surface area contributed by atoms with Crippen LogP contribution in [0.3, 0.4) is 0 Å². The largest absolute Gasteiger partial charge is 0.420 e. The van der Waals surface area contributed by atoms with Gasteiger partial charge in [-0.2, -0.15) is 26.3 Å². The van der Waals surface area contributed by atoms with Crippen molar-refractivity contribution in [3.05, 3.63) is 65.1 Å². The number of carbonyl (C=O) groups is 1. The maximum atomic E-state index is 14.1. The van der Waals surface area contributed by atoms with E-state index in [4.69, 9.17) is 15.2 Å². The maximum Gasteiger partial charge on any atom is 0.420 e. The van der Waals surface area contributed by atoms with Crippen LogP contribution in [-0.2, 0) is 17.1 Å². The van der Waals surface area contributed by atoms with Gasteiger partial charge < -0.3 is 15.2 Å². The van der Waals surface area contributed by atoms with Gasteiger partial charge in [-0.3, -0.25) is 9.89 Å². The molecule has 236 valence electrons. The molecule has 1 saturated carbocycles. The number of benzene rings is 2. The van der Waals surface area contributed by atoms with Crippen molar-refractivity contribution < 1.29 is 45.0 Å². The number of anilines is 1. The van der Waals surface area contributed by atoms with E-state index in [0.29, 0.717) is 12.0 Å². The molecule has 3 rings (SSSR count). The molecule has 1 fully saturated rings. The number of aliphatic imine (C=N–C) groups is 1. The number of amides is 1. The molecule has 0 radical (unpaired) electrons. The average Bonchev–Trinajstić information content (AvgIpc) is 2.94. The highest BCUT2D eigenvalue weighted by Gasteiger charge is 2.41. The number of carbonyl (C=O) groups excluding carboxylic acids is 1. The number of halogens is 7. The first kappa shape index (κ1) is 33.9. The predicted octanol–water partition coefficient (Wildman–Crippen LogP) is 8.24. The fourth-order valence-electron chi connectivity index (χ4n) is 4.90. The van der Waals surface area contributed by atoms with Crippen molar-refractivity contribution in [2.45, 2.75) is 63.9 Å². The monoisotopic (exact) mass is 617 g/mol. The summed E-state index contributed by atoms with van der Waals surface area (Å²) < 4.78 is 108. The molecule has 0 aromatic heterocycles. The number of ether oxygens (including phenoxy) is 2. The Balaban J connectivity index is 1.93. The number of allylic oxidation sites excluding steroid dienone is 1. The number of nitrogens with zero attached hydrogens (tertiary/aromatic N) is 2. The molecule has 0 aliphatic heterocycles. The van der Waals surface area contributed by atoms with Gasteiger partial charge in [0, 0.05) is 36.3 Å². The molecule has 13 heteroatoms. The molecule has 2 aromatic carbocycles. The van der Waals surface area contributed by atoms with E-state index in [2.05, 4.69) is 4.99 Å². The Kier molecular flexibility index (Phi) is 10.9. The standard InChI is InChI=1S/C30H34F7N3O3/c1-28(2,20-7-5-4-6-8-20)42-14-13-39-18-19(17-38)24-15-21(29(32,33)34)16-25(30(35,36)37)26(24)43-27(41)40(3)23-11-9-22(31)10-12-23/h9-12,15-18,20H,4-8,13-14,38H2,1-3H3. The summed E-state index contributed by atoms with van der Waals surface area (Å²) in [6.45, 7) is 4.14.